The Morgan fingerprint density at radius 3 is 2.00 bits per heavy atom. The fourth-order valence-electron chi connectivity index (χ4n) is 0.503. The van der Waals surface area contributed by atoms with E-state index in [-0.39, 0.29) is 0 Å². The summed E-state index contributed by atoms with van der Waals surface area (Å²) in [7, 11) is 4.13. The van der Waals surface area contributed by atoms with Gasteiger partial charge in [0.1, 0.15) is 0 Å². The second-order valence-corrected chi connectivity index (χ2v) is 3.61. The minimum atomic E-state index is 0.613. The van der Waals surface area contributed by atoms with Crippen LogP contribution >= 0.6 is 15.9 Å². The summed E-state index contributed by atoms with van der Waals surface area (Å²) >= 11 is 3.43. The van der Waals surface area contributed by atoms with Crippen molar-refractivity contribution in [3.05, 3.63) is 0 Å². The van der Waals surface area contributed by atoms with Crippen LogP contribution in [0.4, 0.5) is 0 Å². The van der Waals surface area contributed by atoms with Gasteiger partial charge in [-0.25, -0.2) is 0 Å². The quantitative estimate of drug-likeness (QED) is 0.559. The first-order chi connectivity index (χ1) is 3.13. The van der Waals surface area contributed by atoms with Crippen LogP contribution in [0.1, 0.15) is 6.92 Å². The molecular weight excluding hydrogens is 154 g/mol. The first-order valence-corrected chi connectivity index (χ1v) is 3.33. The smallest absolute Gasteiger partial charge is 0.0244 e. The molecule has 0 heterocycles. The summed E-state index contributed by atoms with van der Waals surface area (Å²) in [6, 6.07) is 0. The van der Waals surface area contributed by atoms with Crippen LogP contribution in [0.15, 0.2) is 0 Å². The number of hydrogen-bond acceptors (Lipinski definition) is 1. The predicted molar refractivity (Wildman–Crippen MR) is 36.9 cm³/mol. The van der Waals surface area contributed by atoms with Gasteiger partial charge in [0.25, 0.3) is 0 Å². The molecule has 0 radical (unpaired) electrons. The molecule has 0 bridgehead atoms. The average Bonchev–Trinajstić information content (AvgIpc) is 1.27. The van der Waals surface area contributed by atoms with E-state index >= 15 is 0 Å². The first kappa shape index (κ1) is 7.44. The molecule has 1 atom stereocenters. The molecular formula is C5H12BrN. The zero-order valence-corrected chi connectivity index (χ0v) is 6.70. The molecule has 44 valence electrons. The monoisotopic (exact) mass is 165 g/mol. The third kappa shape index (κ3) is 6.44. The van der Waals surface area contributed by atoms with Crippen LogP contribution in [0.5, 0.6) is 0 Å². The van der Waals surface area contributed by atoms with Gasteiger partial charge in [0.2, 0.25) is 0 Å². The SMILES string of the molecule is CC(Br)CN(C)C. The molecule has 0 fully saturated rings. The highest BCUT2D eigenvalue weighted by atomic mass is 79.9. The van der Waals surface area contributed by atoms with Gasteiger partial charge in [-0.05, 0) is 14.1 Å². The zero-order chi connectivity index (χ0) is 5.86. The Hall–Kier alpha value is 0.440. The van der Waals surface area contributed by atoms with Crippen LogP contribution < -0.4 is 0 Å². The number of halogens is 1. The van der Waals surface area contributed by atoms with Crippen LogP contribution in [-0.4, -0.2) is 30.4 Å². The van der Waals surface area contributed by atoms with Crippen molar-refractivity contribution in [3.8, 4) is 0 Å². The van der Waals surface area contributed by atoms with Crippen LogP contribution in [0.25, 0.3) is 0 Å². The molecule has 0 aliphatic carbocycles. The van der Waals surface area contributed by atoms with Crippen molar-refractivity contribution in [3.63, 3.8) is 0 Å². The van der Waals surface area contributed by atoms with E-state index in [0.29, 0.717) is 4.83 Å². The van der Waals surface area contributed by atoms with E-state index in [9.17, 15) is 0 Å². The Labute approximate surface area is 53.8 Å². The maximum atomic E-state index is 3.43. The Kier molecular flexibility index (Phi) is 3.66. The lowest BCUT2D eigenvalue weighted by molar-refractivity contribution is 0.415. The summed E-state index contributed by atoms with van der Waals surface area (Å²) in [5.74, 6) is 0. The lowest BCUT2D eigenvalue weighted by atomic mass is 10.5. The van der Waals surface area contributed by atoms with Gasteiger partial charge in [0.05, 0.1) is 0 Å². The van der Waals surface area contributed by atoms with E-state index in [0.717, 1.165) is 6.54 Å². The second-order valence-electron chi connectivity index (χ2n) is 2.04. The molecule has 1 nitrogen and oxygen atoms in total. The number of rotatable bonds is 2. The molecule has 0 spiro atoms. The molecule has 0 aliphatic heterocycles. The van der Waals surface area contributed by atoms with Crippen molar-refractivity contribution >= 4 is 15.9 Å². The number of hydrogen-bond donors (Lipinski definition) is 0. The molecule has 0 saturated heterocycles. The molecule has 0 rings (SSSR count). The summed E-state index contributed by atoms with van der Waals surface area (Å²) in [6.45, 7) is 3.25. The third-order valence-corrected chi connectivity index (χ3v) is 0.906. The first-order valence-electron chi connectivity index (χ1n) is 2.41. The van der Waals surface area contributed by atoms with Crippen molar-refractivity contribution in [1.82, 2.24) is 4.90 Å². The van der Waals surface area contributed by atoms with Gasteiger partial charge in [0.15, 0.2) is 0 Å². The Bertz CT molecular complexity index is 37.3. The molecule has 7 heavy (non-hydrogen) atoms. The van der Waals surface area contributed by atoms with Gasteiger partial charge >= 0.3 is 0 Å². The highest BCUT2D eigenvalue weighted by Crippen LogP contribution is 1.96. The molecule has 0 aliphatic rings. The normalized spacial score (nSPS) is 15.0. The summed E-state index contributed by atoms with van der Waals surface area (Å²) in [4.78, 5) is 2.77. The summed E-state index contributed by atoms with van der Waals surface area (Å²) in [6.07, 6.45) is 0. The van der Waals surface area contributed by atoms with E-state index in [4.69, 9.17) is 0 Å². The molecule has 0 aromatic carbocycles. The summed E-state index contributed by atoms with van der Waals surface area (Å²) in [5, 5.41) is 0. The number of nitrogens with zero attached hydrogens (tertiary/aromatic N) is 1. The average molecular weight is 166 g/mol. The largest absolute Gasteiger partial charge is 0.308 e. The van der Waals surface area contributed by atoms with Crippen LogP contribution in [0.3, 0.4) is 0 Å². The van der Waals surface area contributed by atoms with E-state index in [1.807, 2.05) is 0 Å². The van der Waals surface area contributed by atoms with Crippen molar-refractivity contribution in [2.75, 3.05) is 20.6 Å². The molecule has 0 aromatic heterocycles. The number of alkyl halides is 1. The topological polar surface area (TPSA) is 3.24 Å². The Morgan fingerprint density at radius 2 is 2.00 bits per heavy atom. The van der Waals surface area contributed by atoms with Gasteiger partial charge in [-0.2, -0.15) is 0 Å². The highest BCUT2D eigenvalue weighted by Gasteiger charge is 1.94. The van der Waals surface area contributed by atoms with Crippen LogP contribution in [0.2, 0.25) is 0 Å². The standard InChI is InChI=1S/C5H12BrN/c1-5(6)4-7(2)3/h5H,4H2,1-3H3. The molecule has 0 N–H and O–H groups in total. The van der Waals surface area contributed by atoms with Gasteiger partial charge in [-0.1, -0.05) is 22.9 Å². The zero-order valence-electron chi connectivity index (χ0n) is 5.11. The summed E-state index contributed by atoms with van der Waals surface area (Å²) < 4.78 is 0. The van der Waals surface area contributed by atoms with Crippen LogP contribution in [0, 0.1) is 0 Å². The van der Waals surface area contributed by atoms with Gasteiger partial charge < -0.3 is 4.90 Å². The Balaban J connectivity index is 2.95. The van der Waals surface area contributed by atoms with Crippen molar-refractivity contribution < 1.29 is 0 Å². The van der Waals surface area contributed by atoms with Crippen molar-refractivity contribution in [2.45, 2.75) is 11.8 Å². The summed E-state index contributed by atoms with van der Waals surface area (Å²) in [5.41, 5.74) is 0. The molecule has 0 aromatic rings. The highest BCUT2D eigenvalue weighted by molar-refractivity contribution is 9.09. The van der Waals surface area contributed by atoms with Crippen molar-refractivity contribution in [2.24, 2.45) is 0 Å². The molecule has 0 amide bonds. The maximum absolute atomic E-state index is 3.43. The van der Waals surface area contributed by atoms with E-state index < -0.39 is 0 Å². The minimum absolute atomic E-state index is 0.613. The van der Waals surface area contributed by atoms with Gasteiger partial charge in [0, 0.05) is 11.4 Å². The predicted octanol–water partition coefficient (Wildman–Crippen LogP) is 1.33. The maximum Gasteiger partial charge on any atom is 0.0244 e. The molecule has 2 heteroatoms. The lowest BCUT2D eigenvalue weighted by Gasteiger charge is -2.09. The lowest BCUT2D eigenvalue weighted by Crippen LogP contribution is -2.19. The minimum Gasteiger partial charge on any atom is -0.308 e. The fourth-order valence-corrected chi connectivity index (χ4v) is 1.08. The van der Waals surface area contributed by atoms with E-state index in [1.54, 1.807) is 0 Å². The fraction of sp³-hybridized carbons (Fsp3) is 1.00. The van der Waals surface area contributed by atoms with Gasteiger partial charge in [-0.3, -0.25) is 0 Å². The second kappa shape index (κ2) is 3.44. The molecule has 0 saturated carbocycles. The van der Waals surface area contributed by atoms with E-state index in [2.05, 4.69) is 41.8 Å². The Morgan fingerprint density at radius 1 is 1.57 bits per heavy atom. The molecule has 1 unspecified atom stereocenters. The van der Waals surface area contributed by atoms with Crippen molar-refractivity contribution in [1.29, 1.82) is 0 Å². The van der Waals surface area contributed by atoms with E-state index in [1.165, 1.54) is 0 Å². The van der Waals surface area contributed by atoms with Crippen LogP contribution in [-0.2, 0) is 0 Å². The van der Waals surface area contributed by atoms with Gasteiger partial charge in [-0.15, -0.1) is 0 Å². The third-order valence-electron chi connectivity index (χ3n) is 0.617.